The number of carbonyl (C=O) groups excluding carboxylic acids is 3. The van der Waals surface area contributed by atoms with E-state index in [2.05, 4.69) is 29.2 Å². The molecule has 4 heterocycles. The second-order valence-corrected chi connectivity index (χ2v) is 20.3. The number of amides is 3. The molecular formula is C45H54N6O7S2. The van der Waals surface area contributed by atoms with Crippen molar-refractivity contribution in [2.45, 2.75) is 120 Å². The van der Waals surface area contributed by atoms with E-state index in [9.17, 15) is 22.8 Å². The molecule has 0 bridgehead atoms. The highest BCUT2D eigenvalue weighted by Gasteiger charge is 2.63. The molecule has 2 aromatic heterocycles. The third-order valence-electron chi connectivity index (χ3n) is 12.6. The maximum atomic E-state index is 14.9. The number of ether oxygens (including phenoxy) is 2. The van der Waals surface area contributed by atoms with Crippen LogP contribution in [0, 0.1) is 12.8 Å². The fourth-order valence-electron chi connectivity index (χ4n) is 8.34. The summed E-state index contributed by atoms with van der Waals surface area (Å²) >= 11 is 1.51. The molecule has 3 N–H and O–H groups in total. The maximum absolute atomic E-state index is 14.9. The Hall–Kier alpha value is -5.02. The average Bonchev–Trinajstić information content (AvgIpc) is 4.00. The first-order valence-electron chi connectivity index (χ1n) is 21.0. The Bertz CT molecular complexity index is 2430. The van der Waals surface area contributed by atoms with Crippen molar-refractivity contribution in [3.05, 3.63) is 77.3 Å². The lowest BCUT2D eigenvalue weighted by atomic mass is 10.0. The van der Waals surface area contributed by atoms with E-state index >= 15 is 0 Å². The Morgan fingerprint density at radius 3 is 2.55 bits per heavy atom. The van der Waals surface area contributed by atoms with Crippen LogP contribution in [0.2, 0.25) is 0 Å². The standard InChI is InChI=1S/C45H54N6O7S2/c1-27(2)35-26-59-41(48-35)34-23-38(32-18-19-37(57-5)28(3)39(32)47-34)58-31-22-36-40(52)49-45(43(54)50-60(55,56)44(4)20-21-44)24-29(45)14-10-7-6-8-13-17-33(42(53)51(36)25-31)46-30-15-11-9-12-16-30/h9-12,14-16,18-19,23,26-27,29,31,33,36,46H,6-8,13,17,20-22,24-25H2,1-5H3,(H,49,52)(H,50,54)/b14-10-/t29-,31-,33+,36+,45-/m1/s1. The molecule has 8 rings (SSSR count). The molecule has 2 aliphatic carbocycles. The van der Waals surface area contributed by atoms with Crippen molar-refractivity contribution in [1.29, 1.82) is 0 Å². The zero-order chi connectivity index (χ0) is 42.4. The van der Waals surface area contributed by atoms with Crippen molar-refractivity contribution in [2.24, 2.45) is 5.92 Å². The fraction of sp³-hybridized carbons (Fsp3) is 0.489. The van der Waals surface area contributed by atoms with Gasteiger partial charge in [0.2, 0.25) is 21.8 Å². The summed E-state index contributed by atoms with van der Waals surface area (Å²) in [6.07, 6.45) is 8.45. The maximum Gasteiger partial charge on any atom is 0.259 e. The molecule has 60 heavy (non-hydrogen) atoms. The lowest BCUT2D eigenvalue weighted by Crippen LogP contribution is -2.58. The first-order valence-corrected chi connectivity index (χ1v) is 23.4. The van der Waals surface area contributed by atoms with Gasteiger partial charge in [-0.2, -0.15) is 0 Å². The van der Waals surface area contributed by atoms with Crippen LogP contribution < -0.4 is 24.8 Å². The van der Waals surface area contributed by atoms with Crippen LogP contribution in [0.5, 0.6) is 11.5 Å². The third kappa shape index (κ3) is 8.22. The molecule has 0 spiro atoms. The molecule has 2 aromatic carbocycles. The minimum atomic E-state index is -3.97. The number of nitrogens with zero attached hydrogens (tertiary/aromatic N) is 3. The van der Waals surface area contributed by atoms with Gasteiger partial charge in [0.05, 0.1) is 29.6 Å². The third-order valence-corrected chi connectivity index (χ3v) is 15.6. The number of rotatable bonds is 10. The van der Waals surface area contributed by atoms with Crippen molar-refractivity contribution < 1.29 is 32.3 Å². The van der Waals surface area contributed by atoms with Gasteiger partial charge < -0.3 is 25.0 Å². The summed E-state index contributed by atoms with van der Waals surface area (Å²) in [5.41, 5.74) is 2.43. The summed E-state index contributed by atoms with van der Waals surface area (Å²) in [6.45, 7) is 7.85. The number of aromatic nitrogens is 2. The van der Waals surface area contributed by atoms with E-state index in [1.807, 2.05) is 73.0 Å². The molecule has 3 fully saturated rings. The highest BCUT2D eigenvalue weighted by atomic mass is 32.2. The number of para-hydroxylation sites is 1. The number of carbonyl (C=O) groups is 3. The van der Waals surface area contributed by atoms with Crippen molar-refractivity contribution in [1.82, 2.24) is 24.9 Å². The van der Waals surface area contributed by atoms with E-state index in [-0.39, 0.29) is 31.2 Å². The summed E-state index contributed by atoms with van der Waals surface area (Å²) in [7, 11) is -2.36. The normalized spacial score (nSPS) is 25.9. The van der Waals surface area contributed by atoms with Gasteiger partial charge in [-0.3, -0.25) is 19.1 Å². The number of anilines is 1. The van der Waals surface area contributed by atoms with E-state index in [0.29, 0.717) is 42.0 Å². The summed E-state index contributed by atoms with van der Waals surface area (Å²) in [5.74, 6) is -0.492. The quantitative estimate of drug-likeness (QED) is 0.141. The molecule has 5 atom stereocenters. The van der Waals surface area contributed by atoms with Crippen LogP contribution >= 0.6 is 11.3 Å². The first kappa shape index (κ1) is 41.7. The molecule has 318 valence electrons. The minimum absolute atomic E-state index is 0.0994. The number of sulfonamides is 1. The van der Waals surface area contributed by atoms with Crippen molar-refractivity contribution in [3.8, 4) is 22.2 Å². The number of pyridine rings is 1. The molecule has 0 unspecified atom stereocenters. The molecular weight excluding hydrogens is 801 g/mol. The van der Waals surface area contributed by atoms with Gasteiger partial charge in [-0.1, -0.05) is 57.0 Å². The zero-order valence-corrected chi connectivity index (χ0v) is 36.5. The summed E-state index contributed by atoms with van der Waals surface area (Å²) in [6, 6.07) is 13.5. The Morgan fingerprint density at radius 1 is 1.05 bits per heavy atom. The van der Waals surface area contributed by atoms with Gasteiger partial charge in [-0.25, -0.2) is 18.4 Å². The monoisotopic (exact) mass is 854 g/mol. The van der Waals surface area contributed by atoms with Gasteiger partial charge in [-0.05, 0) is 82.6 Å². The Balaban J connectivity index is 1.15. The van der Waals surface area contributed by atoms with Crippen LogP contribution in [0.4, 0.5) is 5.69 Å². The van der Waals surface area contributed by atoms with E-state index < -0.39 is 56.2 Å². The van der Waals surface area contributed by atoms with Crippen LogP contribution in [-0.4, -0.2) is 83.1 Å². The molecule has 2 saturated carbocycles. The topological polar surface area (TPSA) is 169 Å². The van der Waals surface area contributed by atoms with Crippen LogP contribution in [-0.2, 0) is 24.4 Å². The number of aryl methyl sites for hydroxylation is 1. The molecule has 0 radical (unpaired) electrons. The first-order chi connectivity index (χ1) is 28.7. The van der Waals surface area contributed by atoms with Crippen LogP contribution in [0.1, 0.15) is 95.7 Å². The highest BCUT2D eigenvalue weighted by molar-refractivity contribution is 7.91. The van der Waals surface area contributed by atoms with Crippen molar-refractivity contribution in [2.75, 3.05) is 19.0 Å². The molecule has 4 aliphatic rings. The second kappa shape index (κ2) is 16.4. The Kier molecular flexibility index (Phi) is 11.4. The van der Waals surface area contributed by atoms with E-state index in [1.165, 1.54) is 11.3 Å². The van der Waals surface area contributed by atoms with Gasteiger partial charge in [0.25, 0.3) is 5.91 Å². The minimum Gasteiger partial charge on any atom is -0.496 e. The van der Waals surface area contributed by atoms with Crippen molar-refractivity contribution >= 4 is 55.7 Å². The average molecular weight is 855 g/mol. The SMILES string of the molecule is COc1ccc2c(O[C@@H]3C[C@H]4C(=O)N[C@]5(C(=O)NS(=O)(=O)C6(C)CC6)C[C@H]5/C=C\CCCCC[C@H](Nc5ccccc5)C(=O)N4C3)cc(-c3nc(C(C)C)cs3)nc2c1C. The Morgan fingerprint density at radius 2 is 1.83 bits per heavy atom. The predicted octanol–water partition coefficient (Wildman–Crippen LogP) is 7.02. The lowest BCUT2D eigenvalue weighted by Gasteiger charge is -2.30. The number of fused-ring (bicyclic) bond motifs is 3. The van der Waals surface area contributed by atoms with E-state index in [0.717, 1.165) is 53.0 Å². The van der Waals surface area contributed by atoms with Crippen LogP contribution in [0.3, 0.4) is 0 Å². The highest BCUT2D eigenvalue weighted by Crippen LogP contribution is 2.48. The smallest absolute Gasteiger partial charge is 0.259 e. The summed E-state index contributed by atoms with van der Waals surface area (Å²) < 4.78 is 40.4. The number of hydrogen-bond donors (Lipinski definition) is 3. The number of hydrogen-bond acceptors (Lipinski definition) is 11. The Labute approximate surface area is 355 Å². The fourth-order valence-corrected chi connectivity index (χ4v) is 10.6. The molecule has 3 amide bonds. The molecule has 4 aromatic rings. The van der Waals surface area contributed by atoms with Crippen LogP contribution in [0.25, 0.3) is 21.6 Å². The summed E-state index contributed by atoms with van der Waals surface area (Å²) in [5, 5.41) is 9.96. The van der Waals surface area contributed by atoms with Crippen LogP contribution in [0.15, 0.2) is 66.1 Å². The largest absolute Gasteiger partial charge is 0.496 e. The van der Waals surface area contributed by atoms with Gasteiger partial charge >= 0.3 is 0 Å². The van der Waals surface area contributed by atoms with Gasteiger partial charge in [0.1, 0.15) is 45.9 Å². The zero-order valence-electron chi connectivity index (χ0n) is 34.8. The molecule has 2 aliphatic heterocycles. The van der Waals surface area contributed by atoms with Gasteiger partial charge in [0.15, 0.2) is 0 Å². The predicted molar refractivity (Wildman–Crippen MR) is 233 cm³/mol. The molecule has 1 saturated heterocycles. The molecule has 13 nitrogen and oxygen atoms in total. The number of allylic oxidation sites excluding steroid dienone is 1. The number of methoxy groups -OCH3 is 1. The van der Waals surface area contributed by atoms with Gasteiger partial charge in [-0.15, -0.1) is 11.3 Å². The summed E-state index contributed by atoms with van der Waals surface area (Å²) in [4.78, 5) is 55.1. The lowest BCUT2D eigenvalue weighted by molar-refractivity contribution is -0.140. The number of nitrogens with one attached hydrogen (secondary N) is 3. The molecule has 15 heteroatoms. The van der Waals surface area contributed by atoms with Gasteiger partial charge in [0, 0.05) is 40.4 Å². The second-order valence-electron chi connectivity index (χ2n) is 17.3. The van der Waals surface area contributed by atoms with Crippen molar-refractivity contribution in [3.63, 3.8) is 0 Å². The van der Waals surface area contributed by atoms with E-state index in [1.54, 1.807) is 18.9 Å². The number of thiazole rings is 1. The number of benzene rings is 2. The van der Waals surface area contributed by atoms with E-state index in [4.69, 9.17) is 19.4 Å².